The van der Waals surface area contributed by atoms with Gasteiger partial charge in [-0.3, -0.25) is 14.5 Å². The zero-order valence-electron chi connectivity index (χ0n) is 17.3. The van der Waals surface area contributed by atoms with Gasteiger partial charge < -0.3 is 4.90 Å². The minimum absolute atomic E-state index is 0.0483. The molecule has 1 atom stereocenters. The summed E-state index contributed by atoms with van der Waals surface area (Å²) < 4.78 is 24.2. The molecule has 0 aromatic heterocycles. The number of sulfone groups is 1. The fourth-order valence-electron chi connectivity index (χ4n) is 4.36. The lowest BCUT2D eigenvalue weighted by Crippen LogP contribution is -2.39. The number of hydrogen-bond donors (Lipinski definition) is 0. The van der Waals surface area contributed by atoms with Crippen LogP contribution >= 0.6 is 24.0 Å². The molecule has 2 saturated heterocycles. The zero-order chi connectivity index (χ0) is 22.6. The smallest absolute Gasteiger partial charge is 0.267 e. The Labute approximate surface area is 196 Å². The number of thiocarbonyl (C=S) groups is 1. The van der Waals surface area contributed by atoms with Crippen molar-refractivity contribution in [2.75, 3.05) is 16.4 Å². The van der Waals surface area contributed by atoms with E-state index in [1.165, 1.54) is 4.90 Å². The summed E-state index contributed by atoms with van der Waals surface area (Å²) >= 11 is 6.53. The van der Waals surface area contributed by atoms with Gasteiger partial charge in [-0.15, -0.1) is 0 Å². The quantitative estimate of drug-likeness (QED) is 0.492. The monoisotopic (exact) mass is 484 g/mol. The molecule has 2 aromatic rings. The highest BCUT2D eigenvalue weighted by Crippen LogP contribution is 2.46. The molecule has 3 heterocycles. The summed E-state index contributed by atoms with van der Waals surface area (Å²) in [5, 5.41) is 0. The molecule has 1 unspecified atom stereocenters. The van der Waals surface area contributed by atoms with Crippen molar-refractivity contribution in [3.8, 4) is 0 Å². The molecule has 0 bridgehead atoms. The van der Waals surface area contributed by atoms with Gasteiger partial charge in [0.2, 0.25) is 0 Å². The van der Waals surface area contributed by atoms with E-state index in [1.807, 2.05) is 55.5 Å². The predicted molar refractivity (Wildman–Crippen MR) is 130 cm³/mol. The number of amides is 2. The van der Waals surface area contributed by atoms with Crippen molar-refractivity contribution >= 4 is 61.2 Å². The molecular formula is C23H20N2O4S3. The number of carbonyl (C=O) groups is 2. The average molecular weight is 485 g/mol. The lowest BCUT2D eigenvalue weighted by molar-refractivity contribution is -0.123. The van der Waals surface area contributed by atoms with Gasteiger partial charge in [-0.2, -0.15) is 0 Å². The van der Waals surface area contributed by atoms with Crippen LogP contribution in [0.4, 0.5) is 5.69 Å². The summed E-state index contributed by atoms with van der Waals surface area (Å²) in [7, 11) is -3.18. The second-order valence-corrected chi connectivity index (χ2v) is 12.1. The van der Waals surface area contributed by atoms with Crippen molar-refractivity contribution in [2.24, 2.45) is 0 Å². The van der Waals surface area contributed by atoms with Crippen LogP contribution in [-0.2, 0) is 26.0 Å². The van der Waals surface area contributed by atoms with Gasteiger partial charge in [-0.1, -0.05) is 72.0 Å². The molecule has 0 N–H and O–H groups in total. The molecule has 5 rings (SSSR count). The number of para-hydroxylation sites is 1. The Morgan fingerprint density at radius 2 is 1.78 bits per heavy atom. The lowest BCUT2D eigenvalue weighted by Gasteiger charge is -2.21. The van der Waals surface area contributed by atoms with E-state index in [1.54, 1.807) is 4.90 Å². The molecule has 164 valence electrons. The number of rotatable bonds is 3. The normalized spacial score (nSPS) is 24.5. The number of fused-ring (bicyclic) bond motifs is 1. The third-order valence-electron chi connectivity index (χ3n) is 5.98. The zero-order valence-corrected chi connectivity index (χ0v) is 19.7. The van der Waals surface area contributed by atoms with E-state index in [2.05, 4.69) is 0 Å². The molecule has 2 amide bonds. The van der Waals surface area contributed by atoms with E-state index in [-0.39, 0.29) is 28.2 Å². The molecule has 3 aliphatic heterocycles. The minimum atomic E-state index is -3.18. The van der Waals surface area contributed by atoms with Crippen molar-refractivity contribution in [3.05, 3.63) is 70.1 Å². The largest absolute Gasteiger partial charge is 0.303 e. The van der Waals surface area contributed by atoms with Crippen molar-refractivity contribution in [1.82, 2.24) is 4.90 Å². The number of thioether (sulfide) groups is 1. The van der Waals surface area contributed by atoms with Crippen LogP contribution in [0.5, 0.6) is 0 Å². The summed E-state index contributed by atoms with van der Waals surface area (Å²) in [4.78, 5) is 30.3. The van der Waals surface area contributed by atoms with Crippen molar-refractivity contribution in [3.63, 3.8) is 0 Å². The van der Waals surface area contributed by atoms with E-state index < -0.39 is 15.9 Å². The highest BCUT2D eigenvalue weighted by atomic mass is 32.2. The van der Waals surface area contributed by atoms with Crippen LogP contribution in [0, 0.1) is 6.92 Å². The standard InChI is InChI=1S/C23H20N2O4S3/c1-14-6-8-15(9-7-14)12-24-18-5-3-2-4-17(18)19(21(24)26)20-22(27)25(23(30)31-20)16-10-11-32(28,29)13-16/h2-9,16H,10-13H2,1H3/b20-19-. The summed E-state index contributed by atoms with van der Waals surface area (Å²) in [6, 6.07) is 14.9. The highest BCUT2D eigenvalue weighted by Gasteiger charge is 2.46. The summed E-state index contributed by atoms with van der Waals surface area (Å²) in [6.07, 6.45) is 0.363. The SMILES string of the molecule is Cc1ccc(CN2C(=O)/C(=C3\SC(=S)N(C4CCS(=O)(=O)C4)C3=O)c3ccccc32)cc1. The molecule has 2 fully saturated rings. The van der Waals surface area contributed by atoms with Crippen molar-refractivity contribution in [2.45, 2.75) is 25.9 Å². The van der Waals surface area contributed by atoms with Crippen LogP contribution < -0.4 is 4.90 Å². The van der Waals surface area contributed by atoms with E-state index >= 15 is 0 Å². The predicted octanol–water partition coefficient (Wildman–Crippen LogP) is 3.30. The first kappa shape index (κ1) is 21.4. The number of carbonyl (C=O) groups excluding carboxylic acids is 2. The van der Waals surface area contributed by atoms with Gasteiger partial charge in [-0.05, 0) is 25.0 Å². The maximum absolute atomic E-state index is 13.5. The maximum Gasteiger partial charge on any atom is 0.267 e. The van der Waals surface area contributed by atoms with Crippen molar-refractivity contribution < 1.29 is 18.0 Å². The van der Waals surface area contributed by atoms with Crippen LogP contribution in [0.1, 0.15) is 23.1 Å². The first-order chi connectivity index (χ1) is 15.2. The molecule has 32 heavy (non-hydrogen) atoms. The summed E-state index contributed by atoms with van der Waals surface area (Å²) in [5.41, 5.74) is 3.92. The van der Waals surface area contributed by atoms with Crippen molar-refractivity contribution in [1.29, 1.82) is 0 Å². The van der Waals surface area contributed by atoms with Crippen LogP contribution in [-0.4, -0.2) is 47.0 Å². The third-order valence-corrected chi connectivity index (χ3v) is 9.14. The van der Waals surface area contributed by atoms with Gasteiger partial charge in [0.25, 0.3) is 11.8 Å². The molecular weight excluding hydrogens is 464 g/mol. The van der Waals surface area contributed by atoms with E-state index in [0.29, 0.717) is 28.4 Å². The molecule has 2 aromatic carbocycles. The Balaban J connectivity index is 1.53. The molecule has 6 nitrogen and oxygen atoms in total. The molecule has 9 heteroatoms. The lowest BCUT2D eigenvalue weighted by atomic mass is 10.1. The average Bonchev–Trinajstić information content (AvgIpc) is 3.35. The van der Waals surface area contributed by atoms with Gasteiger partial charge in [0.1, 0.15) is 4.32 Å². The first-order valence-corrected chi connectivity index (χ1v) is 13.3. The molecule has 3 aliphatic rings. The number of nitrogens with zero attached hydrogens (tertiary/aromatic N) is 2. The van der Waals surface area contributed by atoms with Gasteiger partial charge in [0.05, 0.1) is 40.3 Å². The summed E-state index contributed by atoms with van der Waals surface area (Å²) in [6.45, 7) is 2.40. The summed E-state index contributed by atoms with van der Waals surface area (Å²) in [5.74, 6) is -0.664. The van der Waals surface area contributed by atoms with Gasteiger partial charge in [0, 0.05) is 5.56 Å². The van der Waals surface area contributed by atoms with Gasteiger partial charge in [-0.25, -0.2) is 8.42 Å². The van der Waals surface area contributed by atoms with E-state index in [4.69, 9.17) is 12.2 Å². The van der Waals surface area contributed by atoms with Gasteiger partial charge in [0.15, 0.2) is 9.84 Å². The Morgan fingerprint density at radius 3 is 2.47 bits per heavy atom. The van der Waals surface area contributed by atoms with Gasteiger partial charge >= 0.3 is 0 Å². The minimum Gasteiger partial charge on any atom is -0.303 e. The fraction of sp³-hybridized carbons (Fsp3) is 0.261. The molecule has 0 aliphatic carbocycles. The highest BCUT2D eigenvalue weighted by molar-refractivity contribution is 8.26. The first-order valence-electron chi connectivity index (χ1n) is 10.2. The van der Waals surface area contributed by atoms with Crippen LogP contribution in [0.15, 0.2) is 53.4 Å². The van der Waals surface area contributed by atoms with Crippen LogP contribution in [0.25, 0.3) is 5.57 Å². The Bertz CT molecular complexity index is 1300. The van der Waals surface area contributed by atoms with E-state index in [0.717, 1.165) is 28.6 Å². The Hall–Kier alpha value is -2.49. The second-order valence-electron chi connectivity index (χ2n) is 8.20. The number of hydrogen-bond acceptors (Lipinski definition) is 6. The third kappa shape index (κ3) is 3.58. The molecule has 0 saturated carbocycles. The number of benzene rings is 2. The number of anilines is 1. The van der Waals surface area contributed by atoms with Crippen LogP contribution in [0.3, 0.4) is 0 Å². The topological polar surface area (TPSA) is 74.8 Å². The molecule has 0 spiro atoms. The van der Waals surface area contributed by atoms with E-state index in [9.17, 15) is 18.0 Å². The fourth-order valence-corrected chi connectivity index (χ4v) is 7.53. The molecule has 0 radical (unpaired) electrons. The number of aryl methyl sites for hydroxylation is 1. The second kappa shape index (κ2) is 7.83. The Morgan fingerprint density at radius 1 is 1.06 bits per heavy atom. The Kier molecular flexibility index (Phi) is 5.22. The van der Waals surface area contributed by atoms with Crippen LogP contribution in [0.2, 0.25) is 0 Å². The maximum atomic E-state index is 13.5.